The number of aryl methyl sites for hydroxylation is 1. The second-order valence-electron chi connectivity index (χ2n) is 3.44. The van der Waals surface area contributed by atoms with Crippen LogP contribution in [0.1, 0.15) is 5.56 Å². The number of benzene rings is 1. The number of carboxylic acids is 2. The van der Waals surface area contributed by atoms with Crippen LogP contribution in [0.2, 0.25) is 5.02 Å². The van der Waals surface area contributed by atoms with Gasteiger partial charge in [0.25, 0.3) is 0 Å². The van der Waals surface area contributed by atoms with E-state index in [9.17, 15) is 14.7 Å². The second-order valence-corrected chi connectivity index (χ2v) is 3.84. The maximum Gasteiger partial charge on any atom is 0.344 e. The van der Waals surface area contributed by atoms with Gasteiger partial charge in [-0.1, -0.05) is 11.6 Å². The molecule has 18 heavy (non-hydrogen) atoms. The lowest BCUT2D eigenvalue weighted by Gasteiger charge is -2.06. The van der Waals surface area contributed by atoms with Gasteiger partial charge in [-0.05, 0) is 24.6 Å². The normalized spacial score (nSPS) is 9.67. The molecule has 0 radical (unpaired) electrons. The van der Waals surface area contributed by atoms with Gasteiger partial charge < -0.3 is 20.6 Å². The number of nitrogens with one attached hydrogen (secondary N) is 1. The molecular formula is C11H10ClNO5. The summed E-state index contributed by atoms with van der Waals surface area (Å²) in [6, 6.07) is 2.85. The van der Waals surface area contributed by atoms with Crippen molar-refractivity contribution in [3.63, 3.8) is 0 Å². The van der Waals surface area contributed by atoms with Crippen LogP contribution in [-0.4, -0.2) is 27.3 Å². The highest BCUT2D eigenvalue weighted by Crippen LogP contribution is 2.30. The Morgan fingerprint density at radius 2 is 1.83 bits per heavy atom. The fourth-order valence-electron chi connectivity index (χ4n) is 1.19. The Labute approximate surface area is 107 Å². The molecule has 0 aliphatic rings. The number of carbonyl (C=O) groups is 2. The van der Waals surface area contributed by atoms with E-state index in [2.05, 4.69) is 5.32 Å². The van der Waals surface area contributed by atoms with Gasteiger partial charge in [0.2, 0.25) is 0 Å². The van der Waals surface area contributed by atoms with Crippen molar-refractivity contribution in [3.8, 4) is 5.75 Å². The van der Waals surface area contributed by atoms with Gasteiger partial charge in [0.05, 0.1) is 5.02 Å². The van der Waals surface area contributed by atoms with Crippen LogP contribution in [0.3, 0.4) is 0 Å². The average Bonchev–Trinajstić information content (AvgIpc) is 2.24. The van der Waals surface area contributed by atoms with Crippen LogP contribution in [0.15, 0.2) is 23.9 Å². The number of rotatable bonds is 4. The van der Waals surface area contributed by atoms with Gasteiger partial charge in [-0.2, -0.15) is 0 Å². The van der Waals surface area contributed by atoms with Crippen molar-refractivity contribution in [3.05, 3.63) is 34.5 Å². The molecule has 0 atom stereocenters. The maximum atomic E-state index is 10.6. The summed E-state index contributed by atoms with van der Waals surface area (Å²) in [7, 11) is 0. The van der Waals surface area contributed by atoms with Gasteiger partial charge in [0.15, 0.2) is 5.57 Å². The Hall–Kier alpha value is -2.21. The molecule has 0 aliphatic heterocycles. The lowest BCUT2D eigenvalue weighted by molar-refractivity contribution is -0.140. The quantitative estimate of drug-likeness (QED) is 0.288. The molecule has 0 spiro atoms. The summed E-state index contributed by atoms with van der Waals surface area (Å²) >= 11 is 5.72. The van der Waals surface area contributed by atoms with E-state index in [4.69, 9.17) is 21.8 Å². The molecule has 0 aromatic heterocycles. The SMILES string of the molecule is Cc1cc(NC=C(C(=O)O)C(=O)O)cc(Cl)c1O. The molecule has 1 aromatic carbocycles. The van der Waals surface area contributed by atoms with Crippen molar-refractivity contribution < 1.29 is 24.9 Å². The number of halogens is 1. The smallest absolute Gasteiger partial charge is 0.344 e. The van der Waals surface area contributed by atoms with E-state index in [1.165, 1.54) is 12.1 Å². The van der Waals surface area contributed by atoms with Crippen molar-refractivity contribution in [2.75, 3.05) is 5.32 Å². The molecule has 0 unspecified atom stereocenters. The number of anilines is 1. The van der Waals surface area contributed by atoms with E-state index in [1.54, 1.807) is 6.92 Å². The van der Waals surface area contributed by atoms with Crippen LogP contribution < -0.4 is 5.32 Å². The number of phenolic OH excluding ortho intramolecular Hbond substituents is 1. The zero-order valence-electron chi connectivity index (χ0n) is 9.27. The van der Waals surface area contributed by atoms with Crippen molar-refractivity contribution in [1.82, 2.24) is 0 Å². The van der Waals surface area contributed by atoms with E-state index >= 15 is 0 Å². The molecule has 96 valence electrons. The summed E-state index contributed by atoms with van der Waals surface area (Å²) in [6.45, 7) is 1.60. The van der Waals surface area contributed by atoms with Crippen molar-refractivity contribution in [2.24, 2.45) is 0 Å². The minimum Gasteiger partial charge on any atom is -0.506 e. The van der Waals surface area contributed by atoms with Gasteiger partial charge in [-0.25, -0.2) is 9.59 Å². The van der Waals surface area contributed by atoms with Gasteiger partial charge in [-0.15, -0.1) is 0 Å². The minimum absolute atomic E-state index is 0.0807. The molecule has 7 heteroatoms. The van der Waals surface area contributed by atoms with E-state index in [0.717, 1.165) is 6.20 Å². The molecule has 1 aromatic rings. The first-order valence-electron chi connectivity index (χ1n) is 4.75. The molecule has 0 fully saturated rings. The lowest BCUT2D eigenvalue weighted by atomic mass is 10.2. The Morgan fingerprint density at radius 1 is 1.28 bits per heavy atom. The molecule has 4 N–H and O–H groups in total. The summed E-state index contributed by atoms with van der Waals surface area (Å²) in [4.78, 5) is 21.2. The molecule has 0 heterocycles. The van der Waals surface area contributed by atoms with E-state index in [1.807, 2.05) is 0 Å². The highest BCUT2D eigenvalue weighted by atomic mass is 35.5. The molecule has 0 amide bonds. The van der Waals surface area contributed by atoms with Crippen LogP contribution in [0.4, 0.5) is 5.69 Å². The predicted molar refractivity (Wildman–Crippen MR) is 64.8 cm³/mol. The largest absolute Gasteiger partial charge is 0.506 e. The molecule has 0 saturated carbocycles. The number of carboxylic acid groups (broad SMARTS) is 2. The fourth-order valence-corrected chi connectivity index (χ4v) is 1.46. The maximum absolute atomic E-state index is 10.6. The van der Waals surface area contributed by atoms with Crippen LogP contribution in [-0.2, 0) is 9.59 Å². The zero-order valence-corrected chi connectivity index (χ0v) is 10.0. The third-order valence-corrected chi connectivity index (χ3v) is 2.39. The lowest BCUT2D eigenvalue weighted by Crippen LogP contribution is -2.12. The van der Waals surface area contributed by atoms with E-state index in [-0.39, 0.29) is 10.8 Å². The predicted octanol–water partition coefficient (Wildman–Crippen LogP) is 1.82. The monoisotopic (exact) mass is 271 g/mol. The molecular weight excluding hydrogens is 262 g/mol. The minimum atomic E-state index is -1.56. The molecule has 0 saturated heterocycles. The summed E-state index contributed by atoms with van der Waals surface area (Å²) in [5.74, 6) is -3.20. The van der Waals surface area contributed by atoms with Gasteiger partial charge in [-0.3, -0.25) is 0 Å². The summed E-state index contributed by atoms with van der Waals surface area (Å²) in [6.07, 6.45) is 0.840. The Morgan fingerprint density at radius 3 is 2.28 bits per heavy atom. The van der Waals surface area contributed by atoms with E-state index in [0.29, 0.717) is 11.3 Å². The standard InChI is InChI=1S/C11H10ClNO5/c1-5-2-6(3-8(12)9(5)14)13-4-7(10(15)16)11(17)18/h2-4,13-14H,1H3,(H,15,16)(H,17,18). The van der Waals surface area contributed by atoms with Crippen molar-refractivity contribution >= 4 is 29.2 Å². The van der Waals surface area contributed by atoms with Crippen LogP contribution in [0.5, 0.6) is 5.75 Å². The average molecular weight is 272 g/mol. The first kappa shape index (κ1) is 13.9. The third-order valence-electron chi connectivity index (χ3n) is 2.10. The van der Waals surface area contributed by atoms with Crippen LogP contribution in [0, 0.1) is 6.92 Å². The number of phenols is 1. The first-order chi connectivity index (χ1) is 8.32. The fraction of sp³-hybridized carbons (Fsp3) is 0.0909. The van der Waals surface area contributed by atoms with Crippen molar-refractivity contribution in [1.29, 1.82) is 0 Å². The van der Waals surface area contributed by atoms with Gasteiger partial charge >= 0.3 is 11.9 Å². The Bertz CT molecular complexity index is 499. The summed E-state index contributed by atoms with van der Waals surface area (Å²) in [5, 5.41) is 29.2. The highest BCUT2D eigenvalue weighted by Gasteiger charge is 2.15. The van der Waals surface area contributed by atoms with Gasteiger partial charge in [0, 0.05) is 11.9 Å². The number of aromatic hydroxyl groups is 1. The first-order valence-corrected chi connectivity index (χ1v) is 5.13. The summed E-state index contributed by atoms with van der Waals surface area (Å²) < 4.78 is 0. The van der Waals surface area contributed by atoms with Crippen LogP contribution in [0.25, 0.3) is 0 Å². The third kappa shape index (κ3) is 3.14. The number of aliphatic carboxylic acids is 2. The zero-order chi connectivity index (χ0) is 13.9. The molecule has 1 rings (SSSR count). The Kier molecular flexibility index (Phi) is 4.17. The number of hydrogen-bond donors (Lipinski definition) is 4. The van der Waals surface area contributed by atoms with E-state index < -0.39 is 17.5 Å². The molecule has 0 aliphatic carbocycles. The topological polar surface area (TPSA) is 107 Å². The van der Waals surface area contributed by atoms with Crippen LogP contribution >= 0.6 is 11.6 Å². The summed E-state index contributed by atoms with van der Waals surface area (Å²) in [5.41, 5.74) is 0.0396. The highest BCUT2D eigenvalue weighted by molar-refractivity contribution is 6.32. The Balaban J connectivity index is 3.02. The molecule has 6 nitrogen and oxygen atoms in total. The number of hydrogen-bond acceptors (Lipinski definition) is 4. The molecule has 0 bridgehead atoms. The van der Waals surface area contributed by atoms with Gasteiger partial charge in [0.1, 0.15) is 5.75 Å². The second kappa shape index (κ2) is 5.42. The van der Waals surface area contributed by atoms with Crippen molar-refractivity contribution in [2.45, 2.75) is 6.92 Å².